The summed E-state index contributed by atoms with van der Waals surface area (Å²) in [5.74, 6) is -1.05. The quantitative estimate of drug-likeness (QED) is 0.298. The summed E-state index contributed by atoms with van der Waals surface area (Å²) in [6, 6.07) is 20.0. The van der Waals surface area contributed by atoms with Crippen LogP contribution in [0.15, 0.2) is 66.7 Å². The smallest absolute Gasteiger partial charge is 0.275 e. The third kappa shape index (κ3) is 3.82. The van der Waals surface area contributed by atoms with E-state index in [0.717, 1.165) is 16.3 Å². The Morgan fingerprint density at radius 3 is 2.40 bits per heavy atom. The number of hydroxylamine groups is 1. The molecule has 0 unspecified atom stereocenters. The van der Waals surface area contributed by atoms with Gasteiger partial charge >= 0.3 is 0 Å². The monoisotopic (exact) mass is 402 g/mol. The summed E-state index contributed by atoms with van der Waals surface area (Å²) in [7, 11) is 0. The molecule has 4 aromatic rings. The Labute approximate surface area is 171 Å². The largest absolute Gasteiger partial charge is 0.380 e. The van der Waals surface area contributed by atoms with Crippen molar-refractivity contribution in [2.75, 3.05) is 5.73 Å². The average Bonchev–Trinajstić information content (AvgIpc) is 3.18. The predicted octanol–water partition coefficient (Wildman–Crippen LogP) is 2.05. The highest BCUT2D eigenvalue weighted by molar-refractivity contribution is 5.96. The van der Waals surface area contributed by atoms with E-state index in [0.29, 0.717) is 11.3 Å². The number of carbonyl (C=O) groups excluding carboxylic acids is 2. The van der Waals surface area contributed by atoms with Gasteiger partial charge in [0.15, 0.2) is 11.5 Å². The van der Waals surface area contributed by atoms with E-state index in [9.17, 15) is 9.59 Å². The number of rotatable bonds is 5. The zero-order chi connectivity index (χ0) is 21.1. The number of amides is 2. The highest BCUT2D eigenvalue weighted by Gasteiger charge is 2.17. The molecule has 150 valence electrons. The molecule has 0 saturated carbocycles. The molecule has 0 atom stereocenters. The summed E-state index contributed by atoms with van der Waals surface area (Å²) in [5, 5.41) is 21.9. The lowest BCUT2D eigenvalue weighted by Crippen LogP contribution is -2.24. The molecule has 2 amide bonds. The summed E-state index contributed by atoms with van der Waals surface area (Å²) in [6.07, 6.45) is 0. The van der Waals surface area contributed by atoms with E-state index in [4.69, 9.17) is 10.9 Å². The number of nitrogens with two attached hydrogens (primary N) is 1. The van der Waals surface area contributed by atoms with Crippen LogP contribution in [0.5, 0.6) is 0 Å². The van der Waals surface area contributed by atoms with Crippen LogP contribution in [0.4, 0.5) is 5.82 Å². The molecular weight excluding hydrogens is 384 g/mol. The van der Waals surface area contributed by atoms with Crippen LogP contribution in [0.25, 0.3) is 16.5 Å². The first-order chi connectivity index (χ1) is 14.5. The number of carbonyl (C=O) groups is 2. The van der Waals surface area contributed by atoms with Gasteiger partial charge in [0.25, 0.3) is 11.8 Å². The van der Waals surface area contributed by atoms with Gasteiger partial charge in [0.05, 0.1) is 5.69 Å². The molecule has 0 bridgehead atoms. The molecule has 1 heterocycles. The lowest BCUT2D eigenvalue weighted by atomic mass is 10.1. The molecule has 0 spiro atoms. The average molecular weight is 402 g/mol. The molecule has 0 aliphatic heterocycles. The van der Waals surface area contributed by atoms with Gasteiger partial charge in [0, 0.05) is 12.1 Å². The lowest BCUT2D eigenvalue weighted by Gasteiger charge is -2.05. The van der Waals surface area contributed by atoms with Crippen LogP contribution in [0.2, 0.25) is 0 Å². The lowest BCUT2D eigenvalue weighted by molar-refractivity contribution is 0.0706. The van der Waals surface area contributed by atoms with Crippen molar-refractivity contribution in [3.63, 3.8) is 0 Å². The fourth-order valence-corrected chi connectivity index (χ4v) is 3.00. The molecule has 0 fully saturated rings. The Morgan fingerprint density at radius 2 is 1.67 bits per heavy atom. The molecule has 30 heavy (non-hydrogen) atoms. The summed E-state index contributed by atoms with van der Waals surface area (Å²) >= 11 is 0. The summed E-state index contributed by atoms with van der Waals surface area (Å²) in [5.41, 5.74) is 9.25. The second kappa shape index (κ2) is 8.02. The maximum Gasteiger partial charge on any atom is 0.275 e. The van der Waals surface area contributed by atoms with Crippen molar-refractivity contribution in [3.05, 3.63) is 83.6 Å². The molecule has 0 aliphatic rings. The van der Waals surface area contributed by atoms with Gasteiger partial charge in [-0.15, -0.1) is 15.0 Å². The van der Waals surface area contributed by atoms with Crippen molar-refractivity contribution in [1.82, 2.24) is 25.8 Å². The summed E-state index contributed by atoms with van der Waals surface area (Å²) in [4.78, 5) is 25.2. The van der Waals surface area contributed by atoms with E-state index >= 15 is 0 Å². The van der Waals surface area contributed by atoms with Crippen LogP contribution in [-0.4, -0.2) is 32.0 Å². The van der Waals surface area contributed by atoms with E-state index in [1.165, 1.54) is 16.9 Å². The normalized spacial score (nSPS) is 10.7. The summed E-state index contributed by atoms with van der Waals surface area (Å²) in [6.45, 7) is 0.210. The van der Waals surface area contributed by atoms with Crippen molar-refractivity contribution in [1.29, 1.82) is 0 Å². The Kier molecular flexibility index (Phi) is 5.10. The zero-order valence-electron chi connectivity index (χ0n) is 15.7. The fraction of sp³-hybridized carbons (Fsp3) is 0.0476. The van der Waals surface area contributed by atoms with Gasteiger partial charge in [-0.05, 0) is 40.6 Å². The minimum absolute atomic E-state index is 0.0237. The van der Waals surface area contributed by atoms with E-state index in [2.05, 4.69) is 15.5 Å². The van der Waals surface area contributed by atoms with Gasteiger partial charge in [-0.25, -0.2) is 5.48 Å². The first kappa shape index (κ1) is 19.1. The van der Waals surface area contributed by atoms with Gasteiger partial charge in [-0.2, -0.15) is 0 Å². The standard InChI is InChI=1S/C21H18N6O3/c22-19-18(21(29)23-12-13-5-7-15(8-6-13)20(28)26-30)24-27(25-19)17-10-9-14-3-1-2-4-16(14)11-17/h1-11,30H,12H2,(H2,22,25)(H,23,29)(H,26,28). The molecule has 9 nitrogen and oxygen atoms in total. The topological polar surface area (TPSA) is 135 Å². The number of hydrogen-bond acceptors (Lipinski definition) is 6. The molecule has 0 radical (unpaired) electrons. The van der Waals surface area contributed by atoms with Gasteiger partial charge < -0.3 is 11.1 Å². The number of nitrogen functional groups attached to an aromatic ring is 1. The molecular formula is C21H18N6O3. The Hall–Kier alpha value is -4.24. The van der Waals surface area contributed by atoms with Crippen molar-refractivity contribution in [2.24, 2.45) is 0 Å². The maximum absolute atomic E-state index is 12.5. The van der Waals surface area contributed by atoms with Gasteiger partial charge in [-0.3, -0.25) is 14.8 Å². The Balaban J connectivity index is 1.48. The first-order valence-corrected chi connectivity index (χ1v) is 9.09. The third-order valence-corrected chi connectivity index (χ3v) is 4.59. The van der Waals surface area contributed by atoms with Crippen molar-refractivity contribution >= 4 is 28.4 Å². The Morgan fingerprint density at radius 1 is 0.933 bits per heavy atom. The van der Waals surface area contributed by atoms with Crippen LogP contribution in [0.1, 0.15) is 26.4 Å². The number of hydrogen-bond donors (Lipinski definition) is 4. The third-order valence-electron chi connectivity index (χ3n) is 4.59. The minimum Gasteiger partial charge on any atom is -0.380 e. The Bertz CT molecular complexity index is 1230. The molecule has 0 aliphatic carbocycles. The van der Waals surface area contributed by atoms with E-state index in [-0.39, 0.29) is 18.1 Å². The van der Waals surface area contributed by atoms with Crippen LogP contribution in [0.3, 0.4) is 0 Å². The van der Waals surface area contributed by atoms with Crippen LogP contribution in [-0.2, 0) is 6.54 Å². The van der Waals surface area contributed by atoms with Crippen LogP contribution < -0.4 is 16.5 Å². The van der Waals surface area contributed by atoms with Gasteiger partial charge in [-0.1, -0.05) is 42.5 Å². The fourth-order valence-electron chi connectivity index (χ4n) is 3.00. The number of benzene rings is 3. The van der Waals surface area contributed by atoms with Crippen molar-refractivity contribution in [2.45, 2.75) is 6.54 Å². The molecule has 0 saturated heterocycles. The maximum atomic E-state index is 12.5. The van der Waals surface area contributed by atoms with Crippen molar-refractivity contribution < 1.29 is 14.8 Å². The number of aromatic nitrogens is 3. The predicted molar refractivity (Wildman–Crippen MR) is 110 cm³/mol. The summed E-state index contributed by atoms with van der Waals surface area (Å²) < 4.78 is 0. The number of nitrogens with one attached hydrogen (secondary N) is 2. The zero-order valence-corrected chi connectivity index (χ0v) is 15.7. The minimum atomic E-state index is -0.608. The highest BCUT2D eigenvalue weighted by Crippen LogP contribution is 2.18. The van der Waals surface area contributed by atoms with Crippen molar-refractivity contribution in [3.8, 4) is 5.69 Å². The molecule has 3 aromatic carbocycles. The van der Waals surface area contributed by atoms with Gasteiger partial charge in [0.1, 0.15) is 0 Å². The molecule has 4 rings (SSSR count). The van der Waals surface area contributed by atoms with E-state index < -0.39 is 11.8 Å². The second-order valence-electron chi connectivity index (χ2n) is 6.58. The number of anilines is 1. The number of fused-ring (bicyclic) bond motifs is 1. The molecule has 1 aromatic heterocycles. The van der Waals surface area contributed by atoms with Gasteiger partial charge in [0.2, 0.25) is 0 Å². The SMILES string of the molecule is Nc1nn(-c2ccc3ccccc3c2)nc1C(=O)NCc1ccc(C(=O)NO)cc1. The van der Waals surface area contributed by atoms with E-state index in [1.54, 1.807) is 17.6 Å². The highest BCUT2D eigenvalue weighted by atomic mass is 16.5. The molecule has 9 heteroatoms. The van der Waals surface area contributed by atoms with E-state index in [1.807, 2.05) is 42.5 Å². The van der Waals surface area contributed by atoms with Crippen LogP contribution in [0, 0.1) is 0 Å². The number of nitrogens with zero attached hydrogens (tertiary/aromatic N) is 3. The molecule has 5 N–H and O–H groups in total. The van der Waals surface area contributed by atoms with Crippen LogP contribution >= 0.6 is 0 Å². The first-order valence-electron chi connectivity index (χ1n) is 9.09. The second-order valence-corrected chi connectivity index (χ2v) is 6.58.